The number of piperidine rings is 1. The van der Waals surface area contributed by atoms with E-state index in [1.807, 2.05) is 11.0 Å². The maximum atomic E-state index is 13.3. The van der Waals surface area contributed by atoms with Crippen molar-refractivity contribution in [2.45, 2.75) is 82.8 Å². The summed E-state index contributed by atoms with van der Waals surface area (Å²) in [6.45, 7) is 7.71. The van der Waals surface area contributed by atoms with Gasteiger partial charge < -0.3 is 20.2 Å². The van der Waals surface area contributed by atoms with Gasteiger partial charge in [-0.1, -0.05) is 85.8 Å². The molecule has 3 atom stereocenters. The van der Waals surface area contributed by atoms with E-state index in [0.717, 1.165) is 89.8 Å². The highest BCUT2D eigenvalue weighted by molar-refractivity contribution is 6.42. The van der Waals surface area contributed by atoms with Gasteiger partial charge in [-0.15, -0.1) is 0 Å². The van der Waals surface area contributed by atoms with Gasteiger partial charge in [0.1, 0.15) is 6.04 Å². The number of carbonyl (C=O) groups excluding carboxylic acids is 1. The molecule has 2 aromatic carbocycles. The minimum Gasteiger partial charge on any atom is -0.480 e. The van der Waals surface area contributed by atoms with Crippen LogP contribution in [-0.2, 0) is 11.3 Å². The monoisotopic (exact) mass is 642 g/mol. The maximum absolute atomic E-state index is 13.3. The van der Waals surface area contributed by atoms with E-state index in [1.165, 1.54) is 12.0 Å². The fraction of sp³-hybridized carbons (Fsp3) is 0.600. The van der Waals surface area contributed by atoms with Gasteiger partial charge in [-0.25, -0.2) is 4.79 Å². The minimum atomic E-state index is -0.654. The number of hydrogen-bond donors (Lipinski definition) is 2. The quantitative estimate of drug-likeness (QED) is 0.273. The number of carboxylic acid groups (broad SMARTS) is 1. The lowest BCUT2D eigenvalue weighted by molar-refractivity contribution is -0.145. The number of hydrogen-bond acceptors (Lipinski definition) is 4. The lowest BCUT2D eigenvalue weighted by Gasteiger charge is -2.39. The third kappa shape index (κ3) is 8.28. The smallest absolute Gasteiger partial charge is 0.321 e. The van der Waals surface area contributed by atoms with E-state index in [9.17, 15) is 14.7 Å². The van der Waals surface area contributed by atoms with Crippen LogP contribution in [0.4, 0.5) is 4.79 Å². The second-order valence-electron chi connectivity index (χ2n) is 13.0. The van der Waals surface area contributed by atoms with Crippen molar-refractivity contribution in [2.24, 2.45) is 11.8 Å². The van der Waals surface area contributed by atoms with Gasteiger partial charge in [0.15, 0.2) is 0 Å². The Hall–Kier alpha value is -2.32. The van der Waals surface area contributed by atoms with Crippen molar-refractivity contribution in [3.8, 4) is 0 Å². The molecular weight excluding hydrogens is 595 g/mol. The van der Waals surface area contributed by atoms with E-state index in [-0.39, 0.29) is 24.0 Å². The predicted molar refractivity (Wildman–Crippen MR) is 177 cm³/mol. The number of benzene rings is 2. The SMILES string of the molecule is CCCN(C(=O)NCc1ccc(Cl)c(Cl)c1)C1CCN(C[C@H]2CN([C@@H](C(=O)O)C3CCCCC3)C[C@@H]2c2ccccc2)CC1. The Labute approximate surface area is 272 Å². The number of nitrogens with one attached hydrogen (secondary N) is 1. The molecule has 0 spiro atoms. The number of carboxylic acids is 1. The molecule has 0 unspecified atom stereocenters. The van der Waals surface area contributed by atoms with E-state index >= 15 is 0 Å². The lowest BCUT2D eigenvalue weighted by atomic mass is 9.83. The van der Waals surface area contributed by atoms with Crippen LogP contribution in [0, 0.1) is 11.8 Å². The first-order chi connectivity index (χ1) is 21.3. The summed E-state index contributed by atoms with van der Waals surface area (Å²) in [5.74, 6) is 0.293. The molecule has 240 valence electrons. The fourth-order valence-electron chi connectivity index (χ4n) is 7.87. The number of carbonyl (C=O) groups is 2. The zero-order valence-corrected chi connectivity index (χ0v) is 27.5. The molecule has 0 aromatic heterocycles. The van der Waals surface area contributed by atoms with E-state index in [4.69, 9.17) is 23.2 Å². The molecule has 2 aromatic rings. The van der Waals surface area contributed by atoms with Gasteiger partial charge in [0.25, 0.3) is 0 Å². The highest BCUT2D eigenvalue weighted by atomic mass is 35.5. The summed E-state index contributed by atoms with van der Waals surface area (Å²) < 4.78 is 0. The number of halogens is 2. The highest BCUT2D eigenvalue weighted by Crippen LogP contribution is 2.38. The van der Waals surface area contributed by atoms with Crippen LogP contribution in [0.3, 0.4) is 0 Å². The van der Waals surface area contributed by atoms with Crippen molar-refractivity contribution < 1.29 is 14.7 Å². The molecule has 2 heterocycles. The predicted octanol–water partition coefficient (Wildman–Crippen LogP) is 7.13. The normalized spacial score (nSPS) is 23.0. The molecule has 3 fully saturated rings. The van der Waals surface area contributed by atoms with Crippen LogP contribution in [0.25, 0.3) is 0 Å². The first kappa shape index (κ1) is 33.1. The molecule has 1 saturated carbocycles. The summed E-state index contributed by atoms with van der Waals surface area (Å²) in [5.41, 5.74) is 2.24. The summed E-state index contributed by atoms with van der Waals surface area (Å²) >= 11 is 12.2. The topological polar surface area (TPSA) is 76.1 Å². The van der Waals surface area contributed by atoms with Crippen molar-refractivity contribution in [1.82, 2.24) is 20.0 Å². The van der Waals surface area contributed by atoms with E-state index in [1.54, 1.807) is 12.1 Å². The molecule has 1 aliphatic carbocycles. The van der Waals surface area contributed by atoms with Crippen molar-refractivity contribution in [3.05, 3.63) is 69.7 Å². The molecule has 9 heteroatoms. The molecular formula is C35H48Cl2N4O3. The molecule has 2 saturated heterocycles. The number of likely N-dealkylation sites (tertiary alicyclic amines) is 2. The van der Waals surface area contributed by atoms with Gasteiger partial charge in [0.2, 0.25) is 0 Å². The Morgan fingerprint density at radius 3 is 2.36 bits per heavy atom. The standard InChI is InChI=1S/C35H48Cl2N4O3/c1-2-17-41(35(44)38-21-25-13-14-31(36)32(37)20-25)29-15-18-39(19-16-29)22-28-23-40(24-30(28)26-9-5-3-6-10-26)33(34(42)43)27-11-7-4-8-12-27/h3,5-6,9-10,13-14,20,27-30,33H,2,4,7-8,11-12,15-19,21-24H2,1H3,(H,38,44)(H,42,43)/t28-,30+,33+/m0/s1. The van der Waals surface area contributed by atoms with Gasteiger partial charge in [-0.2, -0.15) is 0 Å². The Kier molecular flexibility index (Phi) is 11.9. The molecule has 2 amide bonds. The molecule has 44 heavy (non-hydrogen) atoms. The van der Waals surface area contributed by atoms with Crippen LogP contribution < -0.4 is 5.32 Å². The van der Waals surface area contributed by atoms with Gasteiger partial charge in [-0.05, 0) is 67.2 Å². The van der Waals surface area contributed by atoms with Crippen molar-refractivity contribution >= 4 is 35.2 Å². The highest BCUT2D eigenvalue weighted by Gasteiger charge is 2.43. The summed E-state index contributed by atoms with van der Waals surface area (Å²) in [4.78, 5) is 32.7. The van der Waals surface area contributed by atoms with Gasteiger partial charge in [-0.3, -0.25) is 9.69 Å². The number of nitrogens with zero attached hydrogens (tertiary/aromatic N) is 3. The third-order valence-corrected chi connectivity index (χ3v) is 10.8. The zero-order valence-electron chi connectivity index (χ0n) is 26.0. The van der Waals surface area contributed by atoms with Crippen molar-refractivity contribution in [2.75, 3.05) is 39.3 Å². The number of rotatable bonds is 11. The summed E-state index contributed by atoms with van der Waals surface area (Å²) in [6, 6.07) is 15.9. The Bertz CT molecular complexity index is 1230. The van der Waals surface area contributed by atoms with Crippen molar-refractivity contribution in [3.63, 3.8) is 0 Å². The average Bonchev–Trinajstić information content (AvgIpc) is 3.44. The molecule has 5 rings (SSSR count). The Morgan fingerprint density at radius 2 is 1.70 bits per heavy atom. The van der Waals surface area contributed by atoms with Crippen LogP contribution in [0.5, 0.6) is 0 Å². The first-order valence-corrected chi connectivity index (χ1v) is 17.3. The van der Waals surface area contributed by atoms with Crippen LogP contribution in [0.2, 0.25) is 10.0 Å². The molecule has 2 N–H and O–H groups in total. The van der Waals surface area contributed by atoms with Crippen LogP contribution in [0.15, 0.2) is 48.5 Å². The Morgan fingerprint density at radius 1 is 0.977 bits per heavy atom. The second-order valence-corrected chi connectivity index (χ2v) is 13.9. The van der Waals surface area contributed by atoms with Gasteiger partial charge >= 0.3 is 12.0 Å². The molecule has 7 nitrogen and oxygen atoms in total. The maximum Gasteiger partial charge on any atom is 0.321 e. The van der Waals surface area contributed by atoms with Crippen molar-refractivity contribution in [1.29, 1.82) is 0 Å². The summed E-state index contributed by atoms with van der Waals surface area (Å²) in [7, 11) is 0. The number of aliphatic carboxylic acids is 1. The molecule has 3 aliphatic rings. The fourth-order valence-corrected chi connectivity index (χ4v) is 8.19. The minimum absolute atomic E-state index is 0.0330. The van der Waals surface area contributed by atoms with E-state index in [0.29, 0.717) is 28.4 Å². The largest absolute Gasteiger partial charge is 0.480 e. The van der Waals surface area contributed by atoms with Gasteiger partial charge in [0.05, 0.1) is 10.0 Å². The molecule has 0 bridgehead atoms. The zero-order chi connectivity index (χ0) is 31.1. The summed E-state index contributed by atoms with van der Waals surface area (Å²) in [6.07, 6.45) is 8.34. The molecule has 2 aliphatic heterocycles. The number of amides is 2. The van der Waals surface area contributed by atoms with Gasteiger partial charge in [0, 0.05) is 57.8 Å². The number of urea groups is 1. The third-order valence-electron chi connectivity index (χ3n) is 10.1. The van der Waals surface area contributed by atoms with E-state index < -0.39 is 5.97 Å². The second kappa shape index (κ2) is 15.8. The average molecular weight is 644 g/mol. The van der Waals surface area contributed by atoms with Crippen LogP contribution >= 0.6 is 23.2 Å². The summed E-state index contributed by atoms with van der Waals surface area (Å²) in [5, 5.41) is 14.4. The molecule has 0 radical (unpaired) electrons. The van der Waals surface area contributed by atoms with Crippen LogP contribution in [-0.4, -0.2) is 83.2 Å². The lowest BCUT2D eigenvalue weighted by Crippen LogP contribution is -2.51. The Balaban J connectivity index is 1.20. The first-order valence-electron chi connectivity index (χ1n) is 16.6. The van der Waals surface area contributed by atoms with Crippen LogP contribution in [0.1, 0.15) is 75.3 Å². The van der Waals surface area contributed by atoms with E-state index in [2.05, 4.69) is 52.4 Å².